The van der Waals surface area contributed by atoms with Crippen molar-refractivity contribution in [2.45, 2.75) is 75.7 Å². The fourth-order valence-electron chi connectivity index (χ4n) is 4.31. The van der Waals surface area contributed by atoms with Crippen LogP contribution in [0.25, 0.3) is 0 Å². The molecule has 0 radical (unpaired) electrons. The number of fused-ring (bicyclic) bond motifs is 2. The van der Waals surface area contributed by atoms with Crippen LogP contribution in [0, 0.1) is 5.92 Å². The summed E-state index contributed by atoms with van der Waals surface area (Å²) in [5.41, 5.74) is 1.03. The van der Waals surface area contributed by atoms with Gasteiger partial charge in [-0.3, -0.25) is 4.68 Å². The molecule has 20 heavy (non-hydrogen) atoms. The lowest BCUT2D eigenvalue weighted by molar-refractivity contribution is 0.0427. The number of rotatable bonds is 4. The molecular weight excluding hydrogens is 252 g/mol. The second-order valence-electron chi connectivity index (χ2n) is 6.77. The van der Waals surface area contributed by atoms with Gasteiger partial charge < -0.3 is 9.84 Å². The number of hydrogen-bond acceptors (Lipinski definition) is 3. The third kappa shape index (κ3) is 2.29. The number of nitrogens with zero attached hydrogens (tertiary/aromatic N) is 2. The lowest BCUT2D eigenvalue weighted by Crippen LogP contribution is -2.31. The first-order chi connectivity index (χ1) is 9.79. The number of aromatic nitrogens is 2. The Hall–Kier alpha value is -0.870. The first-order valence-electron chi connectivity index (χ1n) is 8.17. The van der Waals surface area contributed by atoms with Gasteiger partial charge in [-0.25, -0.2) is 0 Å². The summed E-state index contributed by atoms with van der Waals surface area (Å²) in [6.45, 7) is 0. The molecule has 3 heterocycles. The van der Waals surface area contributed by atoms with Crippen molar-refractivity contribution >= 4 is 0 Å². The molecule has 2 aliphatic heterocycles. The van der Waals surface area contributed by atoms with E-state index in [0.717, 1.165) is 18.5 Å². The maximum Gasteiger partial charge on any atom is 0.0650 e. The Labute approximate surface area is 120 Å². The Morgan fingerprint density at radius 2 is 2.15 bits per heavy atom. The molecule has 110 valence electrons. The molecule has 4 atom stereocenters. The zero-order chi connectivity index (χ0) is 13.5. The molecule has 4 rings (SSSR count). The minimum Gasteiger partial charge on any atom is -0.392 e. The summed E-state index contributed by atoms with van der Waals surface area (Å²) in [6.07, 6.45) is 11.7. The van der Waals surface area contributed by atoms with Gasteiger partial charge in [0.1, 0.15) is 0 Å². The van der Waals surface area contributed by atoms with E-state index in [9.17, 15) is 5.11 Å². The highest BCUT2D eigenvalue weighted by Crippen LogP contribution is 2.41. The van der Waals surface area contributed by atoms with Crippen molar-refractivity contribution in [3.63, 3.8) is 0 Å². The minimum atomic E-state index is -0.294. The molecule has 2 saturated heterocycles. The minimum absolute atomic E-state index is 0.294. The maximum absolute atomic E-state index is 10.5. The Balaban J connectivity index is 1.38. The lowest BCUT2D eigenvalue weighted by Gasteiger charge is -2.23. The van der Waals surface area contributed by atoms with E-state index in [1.54, 1.807) is 0 Å². The second-order valence-corrected chi connectivity index (χ2v) is 6.77. The number of aliphatic hydroxyl groups excluding tert-OH is 1. The SMILES string of the molecule is OC(Cc1ccn(C2CCCC2)n1)C1CC2CCC1O2. The summed E-state index contributed by atoms with van der Waals surface area (Å²) in [5.74, 6) is 0.324. The molecule has 1 aromatic rings. The maximum atomic E-state index is 10.5. The van der Waals surface area contributed by atoms with E-state index in [4.69, 9.17) is 4.74 Å². The van der Waals surface area contributed by atoms with Crippen molar-refractivity contribution in [3.8, 4) is 0 Å². The van der Waals surface area contributed by atoms with Gasteiger partial charge in [0.25, 0.3) is 0 Å². The third-order valence-electron chi connectivity index (χ3n) is 5.43. The molecule has 3 aliphatic rings. The van der Waals surface area contributed by atoms with Crippen LogP contribution in [0.3, 0.4) is 0 Å². The van der Waals surface area contributed by atoms with Crippen molar-refractivity contribution in [2.75, 3.05) is 0 Å². The molecular formula is C16H24N2O2. The predicted octanol–water partition coefficient (Wildman–Crippen LogP) is 2.47. The Morgan fingerprint density at radius 3 is 2.85 bits per heavy atom. The van der Waals surface area contributed by atoms with E-state index in [0.29, 0.717) is 30.6 Å². The van der Waals surface area contributed by atoms with Gasteiger partial charge >= 0.3 is 0 Å². The Morgan fingerprint density at radius 1 is 1.30 bits per heavy atom. The van der Waals surface area contributed by atoms with E-state index in [1.165, 1.54) is 32.1 Å². The van der Waals surface area contributed by atoms with Crippen molar-refractivity contribution < 1.29 is 9.84 Å². The summed E-state index contributed by atoms with van der Waals surface area (Å²) in [7, 11) is 0. The summed E-state index contributed by atoms with van der Waals surface area (Å²) in [6, 6.07) is 2.67. The van der Waals surface area contributed by atoms with Crippen LogP contribution in [0.15, 0.2) is 12.3 Å². The van der Waals surface area contributed by atoms with E-state index in [2.05, 4.69) is 22.0 Å². The van der Waals surface area contributed by atoms with Crippen LogP contribution in [-0.4, -0.2) is 33.2 Å². The van der Waals surface area contributed by atoms with Crippen LogP contribution in [0.4, 0.5) is 0 Å². The molecule has 1 N–H and O–H groups in total. The Bertz CT molecular complexity index is 467. The van der Waals surface area contributed by atoms with Gasteiger partial charge in [0.2, 0.25) is 0 Å². The fraction of sp³-hybridized carbons (Fsp3) is 0.812. The summed E-state index contributed by atoms with van der Waals surface area (Å²) >= 11 is 0. The molecule has 1 aliphatic carbocycles. The average Bonchev–Trinajstić information content (AvgIpc) is 3.22. The van der Waals surface area contributed by atoms with Gasteiger partial charge in [-0.05, 0) is 38.2 Å². The zero-order valence-corrected chi connectivity index (χ0v) is 11.9. The molecule has 1 saturated carbocycles. The molecule has 4 heteroatoms. The van der Waals surface area contributed by atoms with Gasteiger partial charge in [-0.15, -0.1) is 0 Å². The van der Waals surface area contributed by atoms with Crippen LogP contribution < -0.4 is 0 Å². The normalized spacial score (nSPS) is 35.0. The highest BCUT2D eigenvalue weighted by atomic mass is 16.5. The van der Waals surface area contributed by atoms with Crippen LogP contribution in [0.2, 0.25) is 0 Å². The highest BCUT2D eigenvalue weighted by molar-refractivity contribution is 5.04. The fourth-order valence-corrected chi connectivity index (χ4v) is 4.31. The first-order valence-corrected chi connectivity index (χ1v) is 8.17. The zero-order valence-electron chi connectivity index (χ0n) is 11.9. The molecule has 0 spiro atoms. The largest absolute Gasteiger partial charge is 0.392 e. The van der Waals surface area contributed by atoms with Crippen LogP contribution >= 0.6 is 0 Å². The predicted molar refractivity (Wildman–Crippen MR) is 75.4 cm³/mol. The monoisotopic (exact) mass is 276 g/mol. The first kappa shape index (κ1) is 12.8. The highest BCUT2D eigenvalue weighted by Gasteiger charge is 2.44. The third-order valence-corrected chi connectivity index (χ3v) is 5.43. The number of ether oxygens (including phenoxy) is 1. The topological polar surface area (TPSA) is 47.3 Å². The summed E-state index contributed by atoms with van der Waals surface area (Å²) in [5, 5.41) is 15.2. The van der Waals surface area contributed by atoms with E-state index in [-0.39, 0.29) is 6.10 Å². The van der Waals surface area contributed by atoms with Gasteiger partial charge in [0.15, 0.2) is 0 Å². The van der Waals surface area contributed by atoms with Crippen molar-refractivity contribution in [2.24, 2.45) is 5.92 Å². The molecule has 4 unspecified atom stereocenters. The molecule has 0 aromatic carbocycles. The molecule has 3 fully saturated rings. The second kappa shape index (κ2) is 5.15. The summed E-state index contributed by atoms with van der Waals surface area (Å²) < 4.78 is 7.96. The van der Waals surface area contributed by atoms with Gasteiger partial charge in [0, 0.05) is 18.5 Å². The van der Waals surface area contributed by atoms with E-state index in [1.807, 2.05) is 0 Å². The number of aliphatic hydroxyl groups is 1. The van der Waals surface area contributed by atoms with E-state index >= 15 is 0 Å². The number of hydrogen-bond donors (Lipinski definition) is 1. The quantitative estimate of drug-likeness (QED) is 0.919. The molecule has 2 bridgehead atoms. The van der Waals surface area contributed by atoms with Crippen molar-refractivity contribution in [3.05, 3.63) is 18.0 Å². The van der Waals surface area contributed by atoms with Crippen LogP contribution in [0.1, 0.15) is 56.7 Å². The van der Waals surface area contributed by atoms with Gasteiger partial charge in [-0.2, -0.15) is 5.10 Å². The molecule has 0 amide bonds. The van der Waals surface area contributed by atoms with Gasteiger partial charge in [-0.1, -0.05) is 12.8 Å². The Kier molecular flexibility index (Phi) is 3.31. The van der Waals surface area contributed by atoms with Gasteiger partial charge in [0.05, 0.1) is 30.0 Å². The average molecular weight is 276 g/mol. The van der Waals surface area contributed by atoms with Crippen molar-refractivity contribution in [1.82, 2.24) is 9.78 Å². The van der Waals surface area contributed by atoms with Crippen LogP contribution in [-0.2, 0) is 11.2 Å². The standard InChI is InChI=1S/C16H24N2O2/c19-15(14-10-13-5-6-16(14)20-13)9-11-7-8-18(17-11)12-3-1-2-4-12/h7-8,12-16,19H,1-6,9-10H2. The lowest BCUT2D eigenvalue weighted by atomic mass is 9.84. The van der Waals surface area contributed by atoms with Crippen LogP contribution in [0.5, 0.6) is 0 Å². The smallest absolute Gasteiger partial charge is 0.0650 e. The molecule has 4 nitrogen and oxygen atoms in total. The van der Waals surface area contributed by atoms with Crippen molar-refractivity contribution in [1.29, 1.82) is 0 Å². The summed E-state index contributed by atoms with van der Waals surface area (Å²) in [4.78, 5) is 0. The van der Waals surface area contributed by atoms with E-state index < -0.39 is 0 Å². The molecule has 1 aromatic heterocycles.